The summed E-state index contributed by atoms with van der Waals surface area (Å²) in [5.74, 6) is -1.59. The van der Waals surface area contributed by atoms with Crippen molar-refractivity contribution < 1.29 is 30.8 Å². The number of pyridine rings is 1. The molecule has 0 aliphatic heterocycles. The minimum absolute atomic E-state index is 0.166. The molecule has 0 fully saturated rings. The topological polar surface area (TPSA) is 88.2 Å². The molecule has 1 aromatic heterocycles. The fraction of sp³-hybridized carbons (Fsp3) is 0.333. The van der Waals surface area contributed by atoms with Crippen LogP contribution >= 0.6 is 0 Å². The van der Waals surface area contributed by atoms with Crippen molar-refractivity contribution >= 4 is 27.7 Å². The Kier molecular flexibility index (Phi) is 7.66. The van der Waals surface area contributed by atoms with Crippen molar-refractivity contribution in [2.24, 2.45) is 0 Å². The zero-order chi connectivity index (χ0) is 24.3. The highest BCUT2D eigenvalue weighted by molar-refractivity contribution is 7.92. The van der Waals surface area contributed by atoms with Crippen molar-refractivity contribution in [1.29, 1.82) is 0 Å². The number of halogens is 4. The molecule has 6 nitrogen and oxygen atoms in total. The first-order chi connectivity index (χ1) is 14.7. The highest BCUT2D eigenvalue weighted by Crippen LogP contribution is 2.31. The van der Waals surface area contributed by atoms with E-state index in [9.17, 15) is 30.8 Å². The van der Waals surface area contributed by atoms with Gasteiger partial charge >= 0.3 is 6.18 Å². The number of nitrogens with one attached hydrogen (secondary N) is 2. The molecule has 1 amide bonds. The number of aromatic nitrogens is 1. The Bertz CT molecular complexity index is 1130. The van der Waals surface area contributed by atoms with E-state index in [4.69, 9.17) is 0 Å². The Balaban J connectivity index is 2.18. The van der Waals surface area contributed by atoms with E-state index in [0.717, 1.165) is 30.7 Å². The molecule has 0 aliphatic rings. The maximum atomic E-state index is 14.1. The van der Waals surface area contributed by atoms with Crippen LogP contribution in [0.3, 0.4) is 0 Å². The van der Waals surface area contributed by atoms with Gasteiger partial charge in [-0.1, -0.05) is 19.9 Å². The van der Waals surface area contributed by atoms with Gasteiger partial charge in [0.15, 0.2) is 0 Å². The van der Waals surface area contributed by atoms with Gasteiger partial charge in [0.25, 0.3) is 0 Å². The molecule has 1 atom stereocenters. The molecule has 0 unspecified atom stereocenters. The van der Waals surface area contributed by atoms with Crippen molar-refractivity contribution in [1.82, 2.24) is 10.3 Å². The van der Waals surface area contributed by atoms with Crippen molar-refractivity contribution in [2.75, 3.05) is 11.0 Å². The minimum atomic E-state index is -4.57. The molecule has 2 rings (SSSR count). The predicted octanol–water partition coefficient (Wildman–Crippen LogP) is 4.63. The van der Waals surface area contributed by atoms with E-state index in [1.165, 1.54) is 18.2 Å². The molecule has 2 aromatic rings. The fourth-order valence-corrected chi connectivity index (χ4v) is 3.42. The molecule has 174 valence electrons. The van der Waals surface area contributed by atoms with Gasteiger partial charge in [-0.25, -0.2) is 12.8 Å². The van der Waals surface area contributed by atoms with E-state index in [1.807, 2.05) is 4.72 Å². The predicted molar refractivity (Wildman–Crippen MR) is 114 cm³/mol. The van der Waals surface area contributed by atoms with Gasteiger partial charge in [0.2, 0.25) is 15.9 Å². The first kappa shape index (κ1) is 25.3. The maximum Gasteiger partial charge on any atom is 0.417 e. The molecule has 0 radical (unpaired) electrons. The number of hydrogen-bond donors (Lipinski definition) is 2. The second-order valence-corrected chi connectivity index (χ2v) is 9.28. The summed E-state index contributed by atoms with van der Waals surface area (Å²) in [6.07, 6.45) is -0.593. The summed E-state index contributed by atoms with van der Waals surface area (Å²) in [4.78, 5) is 16.2. The van der Waals surface area contributed by atoms with Crippen LogP contribution in [0.25, 0.3) is 6.08 Å². The summed E-state index contributed by atoms with van der Waals surface area (Å²) >= 11 is 0. The number of amides is 1. The number of carbonyl (C=O) groups excluding carboxylic acids is 1. The third kappa shape index (κ3) is 7.04. The van der Waals surface area contributed by atoms with Crippen LogP contribution in [0.15, 0.2) is 36.5 Å². The number of sulfonamides is 1. The van der Waals surface area contributed by atoms with E-state index in [0.29, 0.717) is 11.3 Å². The second kappa shape index (κ2) is 9.68. The molecule has 1 aromatic carbocycles. The van der Waals surface area contributed by atoms with Gasteiger partial charge in [-0.2, -0.15) is 13.2 Å². The average Bonchev–Trinajstić information content (AvgIpc) is 2.65. The van der Waals surface area contributed by atoms with Gasteiger partial charge < -0.3 is 5.32 Å². The smallest absolute Gasteiger partial charge is 0.346 e. The van der Waals surface area contributed by atoms with Gasteiger partial charge in [-0.15, -0.1) is 0 Å². The van der Waals surface area contributed by atoms with Crippen LogP contribution in [0.2, 0.25) is 0 Å². The lowest BCUT2D eigenvalue weighted by atomic mass is 10.0. The standard InChI is InChI=1S/C21H23F4N3O3S/c1-12(2)20-15(9-16(11-26-20)21(23,24)25)6-8-19(29)27-13(3)14-5-7-18(17(22)10-14)28-32(4,30)31/h5-13,28H,1-4H3,(H,27,29)/t13-/m1/s1. The van der Waals surface area contributed by atoms with Crippen molar-refractivity contribution in [3.05, 3.63) is 64.7 Å². The molecule has 0 aliphatic carbocycles. The largest absolute Gasteiger partial charge is 0.417 e. The van der Waals surface area contributed by atoms with E-state index in [2.05, 4.69) is 10.3 Å². The number of nitrogens with zero attached hydrogens (tertiary/aromatic N) is 1. The highest BCUT2D eigenvalue weighted by atomic mass is 32.2. The lowest BCUT2D eigenvalue weighted by Crippen LogP contribution is -2.24. The zero-order valence-electron chi connectivity index (χ0n) is 17.8. The monoisotopic (exact) mass is 473 g/mol. The van der Waals surface area contributed by atoms with Crippen LogP contribution < -0.4 is 10.0 Å². The molecule has 1 heterocycles. The first-order valence-corrected chi connectivity index (χ1v) is 11.4. The Morgan fingerprint density at radius 2 is 1.81 bits per heavy atom. The number of anilines is 1. The number of carbonyl (C=O) groups is 1. The van der Waals surface area contributed by atoms with E-state index >= 15 is 0 Å². The zero-order valence-corrected chi connectivity index (χ0v) is 18.6. The quantitative estimate of drug-likeness (QED) is 0.454. The van der Waals surface area contributed by atoms with E-state index in [-0.39, 0.29) is 17.2 Å². The molecule has 0 saturated carbocycles. The summed E-state index contributed by atoms with van der Waals surface area (Å²) in [5, 5.41) is 2.58. The molecule has 2 N–H and O–H groups in total. The molecular weight excluding hydrogens is 450 g/mol. The molecule has 32 heavy (non-hydrogen) atoms. The molecule has 0 spiro atoms. The van der Waals surface area contributed by atoms with Crippen LogP contribution in [0, 0.1) is 5.82 Å². The van der Waals surface area contributed by atoms with Crippen molar-refractivity contribution in [3.8, 4) is 0 Å². The fourth-order valence-electron chi connectivity index (χ4n) is 2.86. The second-order valence-electron chi connectivity index (χ2n) is 7.53. The average molecular weight is 473 g/mol. The molecule has 0 bridgehead atoms. The van der Waals surface area contributed by atoms with Gasteiger partial charge in [-0.05, 0) is 48.2 Å². The first-order valence-electron chi connectivity index (χ1n) is 9.50. The summed E-state index contributed by atoms with van der Waals surface area (Å²) < 4.78 is 77.7. The number of benzene rings is 1. The van der Waals surface area contributed by atoms with Gasteiger partial charge in [0, 0.05) is 12.3 Å². The van der Waals surface area contributed by atoms with Gasteiger partial charge in [0.05, 0.1) is 29.2 Å². The van der Waals surface area contributed by atoms with Crippen molar-refractivity contribution in [3.63, 3.8) is 0 Å². The number of rotatable bonds is 7. The Morgan fingerprint density at radius 1 is 1.16 bits per heavy atom. The van der Waals surface area contributed by atoms with Crippen LogP contribution in [0.5, 0.6) is 0 Å². The van der Waals surface area contributed by atoms with E-state index in [1.54, 1.807) is 20.8 Å². The van der Waals surface area contributed by atoms with Crippen molar-refractivity contribution in [2.45, 2.75) is 38.9 Å². The maximum absolute atomic E-state index is 14.1. The lowest BCUT2D eigenvalue weighted by Gasteiger charge is -2.15. The highest BCUT2D eigenvalue weighted by Gasteiger charge is 2.31. The lowest BCUT2D eigenvalue weighted by molar-refractivity contribution is -0.137. The summed E-state index contributed by atoms with van der Waals surface area (Å²) in [5.41, 5.74) is -0.209. The third-order valence-electron chi connectivity index (χ3n) is 4.39. The van der Waals surface area contributed by atoms with Crippen LogP contribution in [0.1, 0.15) is 55.1 Å². The van der Waals surface area contributed by atoms with E-state index < -0.39 is 39.5 Å². The third-order valence-corrected chi connectivity index (χ3v) is 4.98. The number of hydrogen-bond acceptors (Lipinski definition) is 4. The normalized spacial score (nSPS) is 13.4. The SMILES string of the molecule is CC(C)c1ncc(C(F)(F)F)cc1C=CC(=O)N[C@H](C)c1ccc(NS(C)(=O)=O)c(F)c1. The minimum Gasteiger partial charge on any atom is -0.346 e. The summed E-state index contributed by atoms with van der Waals surface area (Å²) in [6, 6.07) is 4.03. The molecule has 11 heteroatoms. The summed E-state index contributed by atoms with van der Waals surface area (Å²) in [6.45, 7) is 5.12. The Morgan fingerprint density at radius 3 is 2.34 bits per heavy atom. The number of alkyl halides is 3. The van der Waals surface area contributed by atoms with Crippen LogP contribution in [0.4, 0.5) is 23.2 Å². The molecular formula is C21H23F4N3O3S. The summed E-state index contributed by atoms with van der Waals surface area (Å²) in [7, 11) is -3.65. The Hall–Kier alpha value is -2.95. The van der Waals surface area contributed by atoms with Gasteiger partial charge in [-0.3, -0.25) is 14.5 Å². The van der Waals surface area contributed by atoms with Crippen LogP contribution in [-0.2, 0) is 21.0 Å². The molecule has 0 saturated heterocycles. The van der Waals surface area contributed by atoms with Crippen LogP contribution in [-0.4, -0.2) is 25.6 Å². The Labute approximate surface area is 183 Å². The van der Waals surface area contributed by atoms with Gasteiger partial charge in [0.1, 0.15) is 5.82 Å².